The number of aryl methyl sites for hydroxylation is 1. The number of hydrogen-bond donors (Lipinski definition) is 0. The molecule has 3 aromatic rings. The third kappa shape index (κ3) is 5.04. The molecule has 1 saturated heterocycles. The van der Waals surface area contributed by atoms with Crippen LogP contribution in [0.5, 0.6) is 5.75 Å². The first-order valence-corrected chi connectivity index (χ1v) is 11.1. The van der Waals surface area contributed by atoms with Crippen molar-refractivity contribution in [2.75, 3.05) is 19.7 Å². The number of halogens is 1. The van der Waals surface area contributed by atoms with Gasteiger partial charge in [-0.25, -0.2) is 4.98 Å². The summed E-state index contributed by atoms with van der Waals surface area (Å²) in [5.74, 6) is 0.657. The van der Waals surface area contributed by atoms with Crippen molar-refractivity contribution in [1.29, 1.82) is 0 Å². The monoisotopic (exact) mass is 472 g/mol. The highest BCUT2D eigenvalue weighted by molar-refractivity contribution is 9.10. The summed E-state index contributed by atoms with van der Waals surface area (Å²) in [6, 6.07) is 15.4. The fourth-order valence-electron chi connectivity index (χ4n) is 3.25. The molecular formula is C22H21BrN2O3S. The van der Waals surface area contributed by atoms with Crippen LogP contribution in [0.15, 0.2) is 58.4 Å². The maximum atomic E-state index is 13.1. The summed E-state index contributed by atoms with van der Waals surface area (Å²) in [6.07, 6.45) is -0.117. The molecule has 150 valence electrons. The number of amides is 1. The predicted molar refractivity (Wildman–Crippen MR) is 116 cm³/mol. The molecule has 5 nitrogen and oxygen atoms in total. The van der Waals surface area contributed by atoms with Crippen LogP contribution in [0.4, 0.5) is 0 Å². The minimum Gasteiger partial charge on any atom is -0.487 e. The van der Waals surface area contributed by atoms with Gasteiger partial charge in [0.25, 0.3) is 5.91 Å². The highest BCUT2D eigenvalue weighted by Gasteiger charge is 2.26. The Hall–Kier alpha value is -2.22. The number of rotatable bonds is 5. The molecule has 0 radical (unpaired) electrons. The summed E-state index contributed by atoms with van der Waals surface area (Å²) in [5.41, 5.74) is 2.59. The highest BCUT2D eigenvalue weighted by atomic mass is 79.9. The molecular weight excluding hydrogens is 452 g/mol. The van der Waals surface area contributed by atoms with Crippen molar-refractivity contribution >= 4 is 33.2 Å². The van der Waals surface area contributed by atoms with Crippen molar-refractivity contribution in [1.82, 2.24) is 9.88 Å². The second-order valence-electron chi connectivity index (χ2n) is 6.84. The van der Waals surface area contributed by atoms with Gasteiger partial charge in [0.05, 0.1) is 23.9 Å². The fourth-order valence-corrected chi connectivity index (χ4v) is 4.11. The Kier molecular flexibility index (Phi) is 6.28. The normalized spacial score (nSPS) is 16.6. The molecule has 1 aliphatic rings. The third-order valence-corrected chi connectivity index (χ3v) is 6.08. The van der Waals surface area contributed by atoms with E-state index in [1.54, 1.807) is 17.4 Å². The van der Waals surface area contributed by atoms with E-state index in [2.05, 4.69) is 20.9 Å². The van der Waals surface area contributed by atoms with Crippen LogP contribution in [0.2, 0.25) is 0 Å². The number of aromatic nitrogens is 1. The molecule has 1 unspecified atom stereocenters. The standard InChI is InChI=1S/C22H21BrN2O3S/c1-15-24-19(14-29-15)13-28-20-4-2-3-17(11-20)22(26)25-9-10-27-21(12-25)16-5-7-18(23)8-6-16/h2-8,11,14,21H,9-10,12-13H2,1H3. The molecule has 1 atom stereocenters. The van der Waals surface area contributed by atoms with Crippen LogP contribution in [0.1, 0.15) is 32.7 Å². The van der Waals surface area contributed by atoms with Gasteiger partial charge in [0.2, 0.25) is 0 Å². The highest BCUT2D eigenvalue weighted by Crippen LogP contribution is 2.25. The lowest BCUT2D eigenvalue weighted by atomic mass is 10.1. The number of carbonyl (C=O) groups is 1. The van der Waals surface area contributed by atoms with Crippen molar-refractivity contribution in [3.05, 3.63) is 80.2 Å². The molecule has 1 fully saturated rings. The smallest absolute Gasteiger partial charge is 0.254 e. The Morgan fingerprint density at radius 3 is 2.90 bits per heavy atom. The molecule has 0 N–H and O–H groups in total. The lowest BCUT2D eigenvalue weighted by Crippen LogP contribution is -2.42. The zero-order valence-corrected chi connectivity index (χ0v) is 18.4. The van der Waals surface area contributed by atoms with Gasteiger partial charge in [-0.1, -0.05) is 34.1 Å². The Balaban J connectivity index is 1.42. The number of morpholine rings is 1. The minimum absolute atomic E-state index is 0.00892. The number of ether oxygens (including phenoxy) is 2. The van der Waals surface area contributed by atoms with E-state index < -0.39 is 0 Å². The van der Waals surface area contributed by atoms with Crippen LogP contribution < -0.4 is 4.74 Å². The zero-order chi connectivity index (χ0) is 20.2. The number of hydrogen-bond acceptors (Lipinski definition) is 5. The molecule has 1 aromatic heterocycles. The summed E-state index contributed by atoms with van der Waals surface area (Å²) in [4.78, 5) is 19.3. The molecule has 29 heavy (non-hydrogen) atoms. The van der Waals surface area contributed by atoms with Gasteiger partial charge in [-0.15, -0.1) is 11.3 Å². The van der Waals surface area contributed by atoms with Gasteiger partial charge in [-0.2, -0.15) is 0 Å². The number of benzene rings is 2. The molecule has 1 aliphatic heterocycles. The lowest BCUT2D eigenvalue weighted by Gasteiger charge is -2.33. The quantitative estimate of drug-likeness (QED) is 0.523. The van der Waals surface area contributed by atoms with Crippen LogP contribution in [0, 0.1) is 6.92 Å². The average Bonchev–Trinajstić information content (AvgIpc) is 3.18. The molecule has 0 saturated carbocycles. The van der Waals surface area contributed by atoms with Crippen molar-refractivity contribution in [3.63, 3.8) is 0 Å². The van der Waals surface area contributed by atoms with Gasteiger partial charge in [0, 0.05) is 22.0 Å². The Morgan fingerprint density at radius 1 is 1.31 bits per heavy atom. The summed E-state index contributed by atoms with van der Waals surface area (Å²) in [7, 11) is 0. The summed E-state index contributed by atoms with van der Waals surface area (Å²) < 4.78 is 12.7. The first-order valence-electron chi connectivity index (χ1n) is 9.39. The van der Waals surface area contributed by atoms with Gasteiger partial charge in [-0.05, 0) is 42.8 Å². The van der Waals surface area contributed by atoms with E-state index in [-0.39, 0.29) is 12.0 Å². The number of carbonyl (C=O) groups excluding carboxylic acids is 1. The summed E-state index contributed by atoms with van der Waals surface area (Å²) in [5, 5.41) is 3.00. The van der Waals surface area contributed by atoms with Crippen LogP contribution in [0.3, 0.4) is 0 Å². The van der Waals surface area contributed by atoms with E-state index in [9.17, 15) is 4.79 Å². The second-order valence-corrected chi connectivity index (χ2v) is 8.81. The molecule has 4 rings (SSSR count). The molecule has 2 aromatic carbocycles. The van der Waals surface area contributed by atoms with Crippen molar-refractivity contribution in [2.24, 2.45) is 0 Å². The fraction of sp³-hybridized carbons (Fsp3) is 0.273. The summed E-state index contributed by atoms with van der Waals surface area (Å²) in [6.45, 7) is 3.99. The largest absolute Gasteiger partial charge is 0.487 e. The lowest BCUT2D eigenvalue weighted by molar-refractivity contribution is -0.0228. The molecule has 1 amide bonds. The number of thiazole rings is 1. The van der Waals surface area contributed by atoms with Crippen LogP contribution in [-0.2, 0) is 11.3 Å². The molecule has 0 bridgehead atoms. The van der Waals surface area contributed by atoms with Gasteiger partial charge in [0.1, 0.15) is 18.5 Å². The third-order valence-electron chi connectivity index (χ3n) is 4.73. The van der Waals surface area contributed by atoms with Crippen molar-refractivity contribution in [3.8, 4) is 5.75 Å². The number of nitrogens with zero attached hydrogens (tertiary/aromatic N) is 2. The maximum absolute atomic E-state index is 13.1. The Morgan fingerprint density at radius 2 is 2.14 bits per heavy atom. The van der Waals surface area contributed by atoms with Crippen LogP contribution >= 0.6 is 27.3 Å². The Bertz CT molecular complexity index is 990. The maximum Gasteiger partial charge on any atom is 0.254 e. The SMILES string of the molecule is Cc1nc(COc2cccc(C(=O)N3CCOC(c4ccc(Br)cc4)C3)c2)cs1. The minimum atomic E-state index is -0.117. The van der Waals surface area contributed by atoms with E-state index in [4.69, 9.17) is 9.47 Å². The summed E-state index contributed by atoms with van der Waals surface area (Å²) >= 11 is 5.05. The molecule has 0 spiro atoms. The van der Waals surface area contributed by atoms with Gasteiger partial charge < -0.3 is 14.4 Å². The zero-order valence-electron chi connectivity index (χ0n) is 16.0. The van der Waals surface area contributed by atoms with Crippen molar-refractivity contribution in [2.45, 2.75) is 19.6 Å². The second kappa shape index (κ2) is 9.07. The van der Waals surface area contributed by atoms with E-state index in [1.165, 1.54) is 0 Å². The van der Waals surface area contributed by atoms with E-state index in [1.807, 2.05) is 59.7 Å². The predicted octanol–water partition coefficient (Wildman–Crippen LogP) is 5.01. The average molecular weight is 473 g/mol. The topological polar surface area (TPSA) is 51.7 Å². The van der Waals surface area contributed by atoms with Crippen LogP contribution in [-0.4, -0.2) is 35.5 Å². The van der Waals surface area contributed by atoms with E-state index in [0.717, 1.165) is 20.7 Å². The Labute approximate surface area is 182 Å². The molecule has 2 heterocycles. The van der Waals surface area contributed by atoms with Crippen molar-refractivity contribution < 1.29 is 14.3 Å². The first-order chi connectivity index (χ1) is 14.1. The molecule has 0 aliphatic carbocycles. The van der Waals surface area contributed by atoms with Gasteiger partial charge >= 0.3 is 0 Å². The molecule has 7 heteroatoms. The van der Waals surface area contributed by atoms with E-state index >= 15 is 0 Å². The van der Waals surface area contributed by atoms with Gasteiger partial charge in [0.15, 0.2) is 0 Å². The van der Waals surface area contributed by atoms with E-state index in [0.29, 0.717) is 37.6 Å². The van der Waals surface area contributed by atoms with Crippen LogP contribution in [0.25, 0.3) is 0 Å². The van der Waals surface area contributed by atoms with Gasteiger partial charge in [-0.3, -0.25) is 4.79 Å². The first kappa shape index (κ1) is 20.1.